The molecule has 0 atom stereocenters. The summed E-state index contributed by atoms with van der Waals surface area (Å²) in [7, 11) is 1.35. The Morgan fingerprint density at radius 1 is 1.40 bits per heavy atom. The molecule has 0 aliphatic heterocycles. The molecule has 0 fully saturated rings. The predicted molar refractivity (Wildman–Crippen MR) is 56.2 cm³/mol. The fourth-order valence-corrected chi connectivity index (χ4v) is 1.41. The van der Waals surface area contributed by atoms with E-state index < -0.39 is 5.41 Å². The topological polar surface area (TPSA) is 26.3 Å². The van der Waals surface area contributed by atoms with Gasteiger partial charge in [-0.1, -0.05) is 12.1 Å². The summed E-state index contributed by atoms with van der Waals surface area (Å²) in [4.78, 5) is 11.5. The number of esters is 1. The minimum atomic E-state index is -0.743. The molecule has 0 N–H and O–H groups in total. The van der Waals surface area contributed by atoms with Crippen LogP contribution in [0.2, 0.25) is 0 Å². The van der Waals surface area contributed by atoms with Gasteiger partial charge >= 0.3 is 5.97 Å². The maximum absolute atomic E-state index is 13.1. The van der Waals surface area contributed by atoms with Crippen molar-refractivity contribution in [2.45, 2.75) is 26.2 Å². The molecule has 0 aliphatic rings. The lowest BCUT2D eigenvalue weighted by Crippen LogP contribution is -2.30. The van der Waals surface area contributed by atoms with Crippen LogP contribution in [0.1, 0.15) is 25.0 Å². The number of benzene rings is 1. The number of rotatable bonds is 2. The smallest absolute Gasteiger partial charge is 0.315 e. The third kappa shape index (κ3) is 2.17. The van der Waals surface area contributed by atoms with Crippen molar-refractivity contribution in [1.29, 1.82) is 0 Å². The largest absolute Gasteiger partial charge is 0.468 e. The van der Waals surface area contributed by atoms with Gasteiger partial charge < -0.3 is 4.74 Å². The Labute approximate surface area is 89.1 Å². The summed E-state index contributed by atoms with van der Waals surface area (Å²) in [6.45, 7) is 5.18. The van der Waals surface area contributed by atoms with Gasteiger partial charge in [-0.3, -0.25) is 4.79 Å². The van der Waals surface area contributed by atoms with Gasteiger partial charge in [-0.15, -0.1) is 0 Å². The van der Waals surface area contributed by atoms with Crippen LogP contribution in [0.3, 0.4) is 0 Å². The number of hydrogen-bond acceptors (Lipinski definition) is 2. The summed E-state index contributed by atoms with van der Waals surface area (Å²) in [6.07, 6.45) is 0. The van der Waals surface area contributed by atoms with Crippen molar-refractivity contribution in [2.75, 3.05) is 7.11 Å². The molecule has 0 spiro atoms. The molecule has 0 radical (unpaired) electrons. The molecule has 0 heterocycles. The third-order valence-corrected chi connectivity index (χ3v) is 2.58. The lowest BCUT2D eigenvalue weighted by molar-refractivity contribution is -0.146. The van der Waals surface area contributed by atoms with E-state index in [4.69, 9.17) is 4.74 Å². The lowest BCUT2D eigenvalue weighted by atomic mass is 9.84. The van der Waals surface area contributed by atoms with Gasteiger partial charge in [0, 0.05) is 0 Å². The summed E-state index contributed by atoms with van der Waals surface area (Å²) in [5.41, 5.74) is 0.547. The summed E-state index contributed by atoms with van der Waals surface area (Å²) in [5.74, 6) is -0.590. The lowest BCUT2D eigenvalue weighted by Gasteiger charge is -2.22. The summed E-state index contributed by atoms with van der Waals surface area (Å²) < 4.78 is 17.8. The van der Waals surface area contributed by atoms with Gasteiger partial charge in [0.15, 0.2) is 0 Å². The first-order valence-corrected chi connectivity index (χ1v) is 4.74. The Bertz CT molecular complexity index is 383. The number of aryl methyl sites for hydroxylation is 1. The fraction of sp³-hybridized carbons (Fsp3) is 0.417. The number of methoxy groups -OCH3 is 1. The molecular weight excluding hydrogens is 195 g/mol. The zero-order valence-corrected chi connectivity index (χ0v) is 9.43. The maximum atomic E-state index is 13.1. The normalized spacial score (nSPS) is 11.3. The SMILES string of the molecule is COC(=O)C(C)(C)c1ccc(F)c(C)c1. The summed E-state index contributed by atoms with van der Waals surface area (Å²) >= 11 is 0. The zero-order chi connectivity index (χ0) is 11.6. The Balaban J connectivity index is 3.16. The first-order chi connectivity index (χ1) is 6.89. The third-order valence-electron chi connectivity index (χ3n) is 2.58. The van der Waals surface area contributed by atoms with Crippen molar-refractivity contribution >= 4 is 5.97 Å². The van der Waals surface area contributed by atoms with Gasteiger partial charge in [0.2, 0.25) is 0 Å². The van der Waals surface area contributed by atoms with Crippen molar-refractivity contribution in [2.24, 2.45) is 0 Å². The van der Waals surface area contributed by atoms with Crippen LogP contribution in [-0.2, 0) is 14.9 Å². The van der Waals surface area contributed by atoms with Gasteiger partial charge in [-0.2, -0.15) is 0 Å². The highest BCUT2D eigenvalue weighted by atomic mass is 19.1. The van der Waals surface area contributed by atoms with Crippen LogP contribution in [0, 0.1) is 12.7 Å². The van der Waals surface area contributed by atoms with Gasteiger partial charge in [0.05, 0.1) is 12.5 Å². The molecule has 0 saturated heterocycles. The van der Waals surface area contributed by atoms with E-state index in [1.807, 2.05) is 0 Å². The highest BCUT2D eigenvalue weighted by molar-refractivity contribution is 5.82. The molecule has 0 saturated carbocycles. The van der Waals surface area contributed by atoms with Crippen molar-refractivity contribution in [3.8, 4) is 0 Å². The Kier molecular flexibility index (Phi) is 3.12. The van der Waals surface area contributed by atoms with Crippen molar-refractivity contribution in [3.63, 3.8) is 0 Å². The first-order valence-electron chi connectivity index (χ1n) is 4.74. The van der Waals surface area contributed by atoms with E-state index in [1.54, 1.807) is 32.9 Å². The second kappa shape index (κ2) is 4.01. The molecule has 0 amide bonds. The quantitative estimate of drug-likeness (QED) is 0.701. The number of ether oxygens (including phenoxy) is 1. The standard InChI is InChI=1S/C12H15FO2/c1-8-7-9(5-6-10(8)13)12(2,3)11(14)15-4/h5-7H,1-4H3. The van der Waals surface area contributed by atoms with E-state index in [0.717, 1.165) is 5.56 Å². The van der Waals surface area contributed by atoms with Crippen LogP contribution in [0.5, 0.6) is 0 Å². The van der Waals surface area contributed by atoms with Crippen LogP contribution in [0.15, 0.2) is 18.2 Å². The molecular formula is C12H15FO2. The van der Waals surface area contributed by atoms with Crippen molar-refractivity contribution in [3.05, 3.63) is 35.1 Å². The first kappa shape index (κ1) is 11.7. The molecule has 2 nitrogen and oxygen atoms in total. The van der Waals surface area contributed by atoms with Crippen LogP contribution in [-0.4, -0.2) is 13.1 Å². The van der Waals surface area contributed by atoms with Crippen LogP contribution >= 0.6 is 0 Å². The fourth-order valence-electron chi connectivity index (χ4n) is 1.41. The van der Waals surface area contributed by atoms with E-state index in [0.29, 0.717) is 5.56 Å². The van der Waals surface area contributed by atoms with E-state index >= 15 is 0 Å². The van der Waals surface area contributed by atoms with E-state index in [2.05, 4.69) is 0 Å². The molecule has 1 aromatic rings. The minimum Gasteiger partial charge on any atom is -0.468 e. The van der Waals surface area contributed by atoms with Gasteiger partial charge in [-0.05, 0) is 38.0 Å². The molecule has 0 unspecified atom stereocenters. The van der Waals surface area contributed by atoms with E-state index in [-0.39, 0.29) is 11.8 Å². The number of carbonyl (C=O) groups is 1. The Hall–Kier alpha value is -1.38. The Morgan fingerprint density at radius 3 is 2.47 bits per heavy atom. The maximum Gasteiger partial charge on any atom is 0.315 e. The highest BCUT2D eigenvalue weighted by Gasteiger charge is 2.31. The van der Waals surface area contributed by atoms with E-state index in [9.17, 15) is 9.18 Å². The monoisotopic (exact) mass is 210 g/mol. The molecule has 82 valence electrons. The summed E-state index contributed by atoms with van der Waals surface area (Å²) in [5, 5.41) is 0. The van der Waals surface area contributed by atoms with Gasteiger partial charge in [0.25, 0.3) is 0 Å². The van der Waals surface area contributed by atoms with Crippen LogP contribution in [0.4, 0.5) is 4.39 Å². The van der Waals surface area contributed by atoms with Gasteiger partial charge in [-0.25, -0.2) is 4.39 Å². The number of carbonyl (C=O) groups excluding carboxylic acids is 1. The van der Waals surface area contributed by atoms with Crippen molar-refractivity contribution < 1.29 is 13.9 Å². The predicted octanol–water partition coefficient (Wildman–Crippen LogP) is 2.58. The van der Waals surface area contributed by atoms with E-state index in [1.165, 1.54) is 13.2 Å². The molecule has 3 heteroatoms. The van der Waals surface area contributed by atoms with Crippen LogP contribution in [0.25, 0.3) is 0 Å². The van der Waals surface area contributed by atoms with Crippen molar-refractivity contribution in [1.82, 2.24) is 0 Å². The second-order valence-electron chi connectivity index (χ2n) is 4.08. The molecule has 0 aromatic heterocycles. The number of halogens is 1. The Morgan fingerprint density at radius 2 is 2.00 bits per heavy atom. The molecule has 0 bridgehead atoms. The molecule has 15 heavy (non-hydrogen) atoms. The second-order valence-corrected chi connectivity index (χ2v) is 4.08. The average molecular weight is 210 g/mol. The minimum absolute atomic E-state index is 0.264. The zero-order valence-electron chi connectivity index (χ0n) is 9.43. The molecule has 0 aliphatic carbocycles. The average Bonchev–Trinajstić information content (AvgIpc) is 2.20. The highest BCUT2D eigenvalue weighted by Crippen LogP contribution is 2.26. The summed E-state index contributed by atoms with van der Waals surface area (Å²) in [6, 6.07) is 4.65. The van der Waals surface area contributed by atoms with Gasteiger partial charge in [0.1, 0.15) is 5.82 Å². The number of hydrogen-bond donors (Lipinski definition) is 0. The molecule has 1 rings (SSSR count). The molecule has 1 aromatic carbocycles. The van der Waals surface area contributed by atoms with Crippen LogP contribution < -0.4 is 0 Å².